The summed E-state index contributed by atoms with van der Waals surface area (Å²) in [5, 5.41) is 2.41. The summed E-state index contributed by atoms with van der Waals surface area (Å²) in [6, 6.07) is 20.0. The number of amides is 3. The standard InChI is InChI=1S/C29H28N2O6S/c1-19-9-10-20(2)24(15-19)36-14-13-31-28(33)26(38-29(31)34)17-21-11-12-23(25(16-21)35-3)37-18-27(32)30-22-7-5-4-6-8-22/h4-12,15-17H,13-14,18H2,1-3H3,(H,30,32)/b26-17-. The Morgan fingerprint density at radius 3 is 2.50 bits per heavy atom. The third kappa shape index (κ3) is 6.74. The molecule has 1 fully saturated rings. The Bertz CT molecular complexity index is 1370. The molecular weight excluding hydrogens is 504 g/mol. The molecule has 38 heavy (non-hydrogen) atoms. The van der Waals surface area contributed by atoms with Crippen LogP contribution in [0.2, 0.25) is 0 Å². The van der Waals surface area contributed by atoms with E-state index in [9.17, 15) is 14.4 Å². The number of ether oxygens (including phenoxy) is 3. The molecule has 1 aliphatic heterocycles. The maximum Gasteiger partial charge on any atom is 0.293 e. The highest BCUT2D eigenvalue weighted by Gasteiger charge is 2.34. The second-order valence-corrected chi connectivity index (χ2v) is 9.56. The summed E-state index contributed by atoms with van der Waals surface area (Å²) in [4.78, 5) is 39.1. The highest BCUT2D eigenvalue weighted by atomic mass is 32.2. The molecule has 0 atom stereocenters. The molecule has 196 valence electrons. The molecule has 9 heteroatoms. The van der Waals surface area contributed by atoms with Gasteiger partial charge in [-0.15, -0.1) is 0 Å². The lowest BCUT2D eigenvalue weighted by Gasteiger charge is -2.14. The normalized spacial score (nSPS) is 14.1. The molecule has 8 nitrogen and oxygen atoms in total. The third-order valence-corrected chi connectivity index (χ3v) is 6.60. The van der Waals surface area contributed by atoms with E-state index >= 15 is 0 Å². The number of nitrogens with one attached hydrogen (secondary N) is 1. The molecule has 1 saturated heterocycles. The van der Waals surface area contributed by atoms with Crippen LogP contribution in [0.5, 0.6) is 17.2 Å². The number of methoxy groups -OCH3 is 1. The fourth-order valence-corrected chi connectivity index (χ4v) is 4.57. The van der Waals surface area contributed by atoms with Crippen LogP contribution in [0, 0.1) is 13.8 Å². The number of anilines is 1. The molecule has 0 radical (unpaired) electrons. The first kappa shape index (κ1) is 26.8. The number of aryl methyl sites for hydroxylation is 2. The maximum absolute atomic E-state index is 12.9. The van der Waals surface area contributed by atoms with Crippen LogP contribution in [-0.4, -0.2) is 48.8 Å². The summed E-state index contributed by atoms with van der Waals surface area (Å²) < 4.78 is 16.9. The van der Waals surface area contributed by atoms with Crippen molar-refractivity contribution in [2.24, 2.45) is 0 Å². The maximum atomic E-state index is 12.9. The summed E-state index contributed by atoms with van der Waals surface area (Å²) in [5.41, 5.74) is 3.39. The monoisotopic (exact) mass is 532 g/mol. The van der Waals surface area contributed by atoms with Gasteiger partial charge in [0.05, 0.1) is 18.6 Å². The van der Waals surface area contributed by atoms with E-state index in [1.54, 1.807) is 36.4 Å². The van der Waals surface area contributed by atoms with Gasteiger partial charge in [0.2, 0.25) is 0 Å². The van der Waals surface area contributed by atoms with Crippen molar-refractivity contribution in [3.8, 4) is 17.2 Å². The average molecular weight is 533 g/mol. The average Bonchev–Trinajstić information content (AvgIpc) is 3.17. The molecule has 3 aromatic carbocycles. The Balaban J connectivity index is 1.36. The van der Waals surface area contributed by atoms with Gasteiger partial charge in [-0.25, -0.2) is 0 Å². The fraction of sp³-hybridized carbons (Fsp3) is 0.207. The molecule has 0 bridgehead atoms. The summed E-state index contributed by atoms with van der Waals surface area (Å²) in [7, 11) is 1.49. The van der Waals surface area contributed by atoms with E-state index in [0.717, 1.165) is 28.6 Å². The van der Waals surface area contributed by atoms with Crippen LogP contribution in [0.4, 0.5) is 10.5 Å². The predicted molar refractivity (Wildman–Crippen MR) is 148 cm³/mol. The van der Waals surface area contributed by atoms with Crippen LogP contribution < -0.4 is 19.5 Å². The van der Waals surface area contributed by atoms with E-state index in [2.05, 4.69) is 5.32 Å². The predicted octanol–water partition coefficient (Wildman–Crippen LogP) is 5.44. The Kier molecular flexibility index (Phi) is 8.70. The number of carbonyl (C=O) groups excluding carboxylic acids is 3. The van der Waals surface area contributed by atoms with Crippen molar-refractivity contribution >= 4 is 40.6 Å². The molecular formula is C29H28N2O6S. The largest absolute Gasteiger partial charge is 0.493 e. The van der Waals surface area contributed by atoms with E-state index in [1.807, 2.05) is 50.2 Å². The third-order valence-electron chi connectivity index (χ3n) is 5.69. The van der Waals surface area contributed by atoms with E-state index in [4.69, 9.17) is 14.2 Å². The zero-order chi connectivity index (χ0) is 27.1. The van der Waals surface area contributed by atoms with Crippen LogP contribution >= 0.6 is 11.8 Å². The zero-order valence-corrected chi connectivity index (χ0v) is 22.2. The van der Waals surface area contributed by atoms with E-state index in [-0.39, 0.29) is 36.8 Å². The minimum absolute atomic E-state index is 0.149. The first-order valence-corrected chi connectivity index (χ1v) is 12.8. The number of thioether (sulfide) groups is 1. The van der Waals surface area contributed by atoms with Crippen molar-refractivity contribution in [2.75, 3.05) is 32.2 Å². The Hall–Kier alpha value is -4.24. The topological polar surface area (TPSA) is 94.2 Å². The molecule has 1 aliphatic rings. The molecule has 0 saturated carbocycles. The second-order valence-electron chi connectivity index (χ2n) is 8.56. The number of hydrogen-bond acceptors (Lipinski definition) is 7. The lowest BCUT2D eigenvalue weighted by molar-refractivity contribution is -0.123. The molecule has 0 unspecified atom stereocenters. The summed E-state index contributed by atoms with van der Waals surface area (Å²) in [5.74, 6) is 0.829. The molecule has 0 aromatic heterocycles. The summed E-state index contributed by atoms with van der Waals surface area (Å²) >= 11 is 0.879. The van der Waals surface area contributed by atoms with Gasteiger partial charge in [-0.1, -0.05) is 36.4 Å². The van der Waals surface area contributed by atoms with Crippen molar-refractivity contribution in [1.82, 2.24) is 4.90 Å². The van der Waals surface area contributed by atoms with E-state index in [0.29, 0.717) is 27.7 Å². The molecule has 3 aromatic rings. The van der Waals surface area contributed by atoms with Gasteiger partial charge in [-0.2, -0.15) is 0 Å². The van der Waals surface area contributed by atoms with Crippen LogP contribution in [0.15, 0.2) is 71.6 Å². The summed E-state index contributed by atoms with van der Waals surface area (Å²) in [6.45, 7) is 4.07. The number of carbonyl (C=O) groups is 3. The number of para-hydroxylation sites is 1. The minimum atomic E-state index is -0.374. The lowest BCUT2D eigenvalue weighted by atomic mass is 10.1. The van der Waals surface area contributed by atoms with Crippen molar-refractivity contribution < 1.29 is 28.6 Å². The summed E-state index contributed by atoms with van der Waals surface area (Å²) in [6.07, 6.45) is 1.63. The van der Waals surface area contributed by atoms with Crippen molar-refractivity contribution in [3.05, 3.63) is 88.3 Å². The van der Waals surface area contributed by atoms with Gasteiger partial charge in [0, 0.05) is 5.69 Å². The van der Waals surface area contributed by atoms with Gasteiger partial charge >= 0.3 is 0 Å². The second kappa shape index (κ2) is 12.3. The highest BCUT2D eigenvalue weighted by molar-refractivity contribution is 8.18. The van der Waals surface area contributed by atoms with Gasteiger partial charge in [-0.3, -0.25) is 19.3 Å². The van der Waals surface area contributed by atoms with Gasteiger partial charge in [0.25, 0.3) is 17.1 Å². The Morgan fingerprint density at radius 2 is 1.74 bits per heavy atom. The number of nitrogens with zero attached hydrogens (tertiary/aromatic N) is 1. The molecule has 1 heterocycles. The minimum Gasteiger partial charge on any atom is -0.493 e. The number of hydrogen-bond donors (Lipinski definition) is 1. The van der Waals surface area contributed by atoms with Crippen LogP contribution in [-0.2, 0) is 9.59 Å². The molecule has 4 rings (SSSR count). The SMILES string of the molecule is COc1cc(/C=C2\SC(=O)N(CCOc3cc(C)ccc3C)C2=O)ccc1OCC(=O)Nc1ccccc1. The quantitative estimate of drug-likeness (QED) is 0.347. The van der Waals surface area contributed by atoms with Gasteiger partial charge < -0.3 is 19.5 Å². The fourth-order valence-electron chi connectivity index (χ4n) is 3.71. The van der Waals surface area contributed by atoms with Gasteiger partial charge in [-0.05, 0) is 78.7 Å². The number of imide groups is 1. The highest BCUT2D eigenvalue weighted by Crippen LogP contribution is 2.34. The Labute approximate surface area is 225 Å². The van der Waals surface area contributed by atoms with Crippen molar-refractivity contribution in [1.29, 1.82) is 0 Å². The molecule has 3 amide bonds. The van der Waals surface area contributed by atoms with Gasteiger partial charge in [0.15, 0.2) is 18.1 Å². The Morgan fingerprint density at radius 1 is 0.947 bits per heavy atom. The first-order valence-electron chi connectivity index (χ1n) is 11.9. The van der Waals surface area contributed by atoms with E-state index < -0.39 is 0 Å². The van der Waals surface area contributed by atoms with Crippen molar-refractivity contribution in [2.45, 2.75) is 13.8 Å². The first-order chi connectivity index (χ1) is 18.3. The van der Waals surface area contributed by atoms with E-state index in [1.165, 1.54) is 12.0 Å². The zero-order valence-electron chi connectivity index (χ0n) is 21.4. The molecule has 0 aliphatic carbocycles. The van der Waals surface area contributed by atoms with Crippen LogP contribution in [0.1, 0.15) is 16.7 Å². The molecule has 1 N–H and O–H groups in total. The number of rotatable bonds is 10. The molecule has 0 spiro atoms. The van der Waals surface area contributed by atoms with Gasteiger partial charge in [0.1, 0.15) is 12.4 Å². The lowest BCUT2D eigenvalue weighted by Crippen LogP contribution is -2.32. The van der Waals surface area contributed by atoms with Crippen LogP contribution in [0.3, 0.4) is 0 Å². The van der Waals surface area contributed by atoms with Crippen molar-refractivity contribution in [3.63, 3.8) is 0 Å². The van der Waals surface area contributed by atoms with Crippen LogP contribution in [0.25, 0.3) is 6.08 Å². The number of benzene rings is 3. The smallest absolute Gasteiger partial charge is 0.293 e.